The van der Waals surface area contributed by atoms with E-state index < -0.39 is 0 Å². The quantitative estimate of drug-likeness (QED) is 0.646. The summed E-state index contributed by atoms with van der Waals surface area (Å²) in [5, 5.41) is 6.05. The van der Waals surface area contributed by atoms with E-state index in [0.717, 1.165) is 12.1 Å². The van der Waals surface area contributed by atoms with E-state index in [-0.39, 0.29) is 24.1 Å². The van der Waals surface area contributed by atoms with Crippen LogP contribution in [0, 0.1) is 0 Å². The van der Waals surface area contributed by atoms with Crippen LogP contribution < -0.4 is 15.4 Å². The molecule has 0 spiro atoms. The molecular formula is C19H20Cl2N4O3. The second-order valence-corrected chi connectivity index (χ2v) is 6.58. The van der Waals surface area contributed by atoms with Crippen molar-refractivity contribution in [2.24, 2.45) is 0 Å². The first-order chi connectivity index (χ1) is 13.4. The minimum absolute atomic E-state index is 0.206. The fraction of sp³-hybridized carbons (Fsp3) is 0.263. The van der Waals surface area contributed by atoms with Crippen LogP contribution in [0.5, 0.6) is 5.75 Å². The number of carbonyl (C=O) groups is 2. The first-order valence-corrected chi connectivity index (χ1v) is 9.29. The number of hydrogen-bond donors (Lipinski definition) is 2. The van der Waals surface area contributed by atoms with Gasteiger partial charge in [-0.15, -0.1) is 0 Å². The molecule has 1 heterocycles. The lowest BCUT2D eigenvalue weighted by atomic mass is 10.3. The molecule has 0 saturated heterocycles. The lowest BCUT2D eigenvalue weighted by Crippen LogP contribution is -2.31. The molecular weight excluding hydrogens is 403 g/mol. The van der Waals surface area contributed by atoms with Crippen LogP contribution in [0.15, 0.2) is 42.9 Å². The smallest absolute Gasteiger partial charge is 0.271 e. The van der Waals surface area contributed by atoms with Crippen LogP contribution in [0.2, 0.25) is 10.0 Å². The monoisotopic (exact) mass is 422 g/mol. The van der Waals surface area contributed by atoms with Gasteiger partial charge in [-0.2, -0.15) is 0 Å². The van der Waals surface area contributed by atoms with Crippen LogP contribution in [0.25, 0.3) is 0 Å². The Hall–Kier alpha value is -2.64. The van der Waals surface area contributed by atoms with E-state index in [1.807, 2.05) is 6.92 Å². The van der Waals surface area contributed by atoms with Crippen LogP contribution in [-0.2, 0) is 11.2 Å². The molecule has 0 aliphatic rings. The number of ether oxygens (including phenoxy) is 1. The summed E-state index contributed by atoms with van der Waals surface area (Å²) >= 11 is 11.7. The molecule has 0 saturated carbocycles. The summed E-state index contributed by atoms with van der Waals surface area (Å²) in [6.07, 6.45) is 4.13. The summed E-state index contributed by atoms with van der Waals surface area (Å²) in [6, 6.07) is 4.72. The summed E-state index contributed by atoms with van der Waals surface area (Å²) in [4.78, 5) is 32.1. The van der Waals surface area contributed by atoms with E-state index in [9.17, 15) is 9.59 Å². The Morgan fingerprint density at radius 1 is 1.18 bits per heavy atom. The van der Waals surface area contributed by atoms with Gasteiger partial charge in [-0.3, -0.25) is 14.6 Å². The summed E-state index contributed by atoms with van der Waals surface area (Å²) in [5.74, 6) is -0.279. The molecule has 28 heavy (non-hydrogen) atoms. The molecule has 1 aromatic carbocycles. The normalized spacial score (nSPS) is 10.2. The predicted molar refractivity (Wildman–Crippen MR) is 108 cm³/mol. The molecule has 2 rings (SSSR count). The molecule has 7 nitrogen and oxygen atoms in total. The van der Waals surface area contributed by atoms with Crippen molar-refractivity contribution in [3.05, 3.63) is 64.3 Å². The van der Waals surface area contributed by atoms with Gasteiger partial charge in [0.2, 0.25) is 0 Å². The number of halogens is 2. The van der Waals surface area contributed by atoms with Crippen LogP contribution in [-0.4, -0.2) is 34.9 Å². The lowest BCUT2D eigenvalue weighted by Gasteiger charge is -2.10. The zero-order valence-electron chi connectivity index (χ0n) is 15.3. The van der Waals surface area contributed by atoms with Gasteiger partial charge in [-0.05, 0) is 18.6 Å². The predicted octanol–water partition coefficient (Wildman–Crippen LogP) is 3.17. The fourth-order valence-electron chi connectivity index (χ4n) is 2.08. The van der Waals surface area contributed by atoms with Crippen molar-refractivity contribution in [3.63, 3.8) is 0 Å². The Morgan fingerprint density at radius 3 is 2.61 bits per heavy atom. The van der Waals surface area contributed by atoms with Crippen molar-refractivity contribution in [1.82, 2.24) is 20.6 Å². The Morgan fingerprint density at radius 2 is 1.96 bits per heavy atom. The topological polar surface area (TPSA) is 93.2 Å². The van der Waals surface area contributed by atoms with Crippen molar-refractivity contribution < 1.29 is 14.3 Å². The van der Waals surface area contributed by atoms with Gasteiger partial charge in [-0.1, -0.05) is 36.7 Å². The summed E-state index contributed by atoms with van der Waals surface area (Å²) < 4.78 is 5.34. The maximum absolute atomic E-state index is 12.0. The van der Waals surface area contributed by atoms with Gasteiger partial charge in [0.25, 0.3) is 11.8 Å². The number of nitrogens with zero attached hydrogens (tertiary/aromatic N) is 2. The first kappa shape index (κ1) is 21.7. The van der Waals surface area contributed by atoms with Crippen LogP contribution >= 0.6 is 23.2 Å². The van der Waals surface area contributed by atoms with Gasteiger partial charge in [-0.25, -0.2) is 4.98 Å². The second kappa shape index (κ2) is 10.6. The number of aryl methyl sites for hydroxylation is 1. The van der Waals surface area contributed by atoms with Crippen molar-refractivity contribution >= 4 is 35.0 Å². The highest BCUT2D eigenvalue weighted by Crippen LogP contribution is 2.26. The Bertz CT molecular complexity index is 857. The van der Waals surface area contributed by atoms with Crippen LogP contribution in [0.3, 0.4) is 0 Å². The molecule has 2 aromatic rings. The van der Waals surface area contributed by atoms with Gasteiger partial charge in [0.05, 0.1) is 21.9 Å². The molecule has 2 amide bonds. The zero-order chi connectivity index (χ0) is 20.5. The van der Waals surface area contributed by atoms with Crippen molar-refractivity contribution in [1.29, 1.82) is 0 Å². The molecule has 2 N–H and O–H groups in total. The molecule has 9 heteroatoms. The van der Waals surface area contributed by atoms with E-state index in [2.05, 4.69) is 27.2 Å². The minimum Gasteiger partial charge on any atom is -0.484 e. The van der Waals surface area contributed by atoms with E-state index in [4.69, 9.17) is 27.9 Å². The van der Waals surface area contributed by atoms with Crippen molar-refractivity contribution in [2.75, 3.05) is 13.2 Å². The second-order valence-electron chi connectivity index (χ2n) is 5.77. The highest BCUT2D eigenvalue weighted by atomic mass is 35.5. The maximum Gasteiger partial charge on any atom is 0.271 e. The molecule has 0 aliphatic heterocycles. The standard InChI is InChI=1S/C19H20Cl2N4O3/c1-3-13-9-24-17(10-23-13)19(27)22-7-6-12(2)25-18(26)11-28-14-4-5-15(20)16(21)8-14/h4-5,8-10H,2-3,6-7,11H2,1H3,(H,22,27)(H,25,26). The lowest BCUT2D eigenvalue weighted by molar-refractivity contribution is -0.122. The zero-order valence-corrected chi connectivity index (χ0v) is 16.8. The van der Waals surface area contributed by atoms with Crippen LogP contribution in [0.4, 0.5) is 0 Å². The highest BCUT2D eigenvalue weighted by Gasteiger charge is 2.09. The number of hydrogen-bond acceptors (Lipinski definition) is 5. The Kier molecular flexibility index (Phi) is 8.22. The Balaban J connectivity index is 1.68. The number of carbonyl (C=O) groups excluding carboxylic acids is 2. The average Bonchev–Trinajstić information content (AvgIpc) is 2.68. The molecule has 148 valence electrons. The number of benzene rings is 1. The van der Waals surface area contributed by atoms with E-state index in [0.29, 0.717) is 34.5 Å². The fourth-order valence-corrected chi connectivity index (χ4v) is 2.37. The summed E-state index contributed by atoms with van der Waals surface area (Å²) in [6.45, 7) is 5.81. The largest absolute Gasteiger partial charge is 0.484 e. The van der Waals surface area contributed by atoms with E-state index in [1.54, 1.807) is 18.3 Å². The number of aromatic nitrogens is 2. The number of rotatable bonds is 9. The molecule has 0 atom stereocenters. The third kappa shape index (κ3) is 6.83. The van der Waals surface area contributed by atoms with Crippen molar-refractivity contribution in [2.45, 2.75) is 19.8 Å². The van der Waals surface area contributed by atoms with Gasteiger partial charge in [0.1, 0.15) is 11.4 Å². The molecule has 0 bridgehead atoms. The Labute approximate surface area is 173 Å². The van der Waals surface area contributed by atoms with E-state index >= 15 is 0 Å². The van der Waals surface area contributed by atoms with Crippen LogP contribution in [0.1, 0.15) is 29.5 Å². The van der Waals surface area contributed by atoms with E-state index in [1.165, 1.54) is 12.3 Å². The highest BCUT2D eigenvalue weighted by molar-refractivity contribution is 6.42. The molecule has 0 radical (unpaired) electrons. The minimum atomic E-state index is -0.372. The number of amides is 2. The van der Waals surface area contributed by atoms with Gasteiger partial charge in [0.15, 0.2) is 6.61 Å². The molecule has 0 unspecified atom stereocenters. The molecule has 0 aliphatic carbocycles. The molecule has 1 aromatic heterocycles. The summed E-state index contributed by atoms with van der Waals surface area (Å²) in [5.41, 5.74) is 1.51. The van der Waals surface area contributed by atoms with Gasteiger partial charge in [0, 0.05) is 30.9 Å². The first-order valence-electron chi connectivity index (χ1n) is 8.53. The van der Waals surface area contributed by atoms with Crippen molar-refractivity contribution in [3.8, 4) is 5.75 Å². The summed E-state index contributed by atoms with van der Waals surface area (Å²) in [7, 11) is 0. The number of nitrogens with one attached hydrogen (secondary N) is 2. The third-order valence-corrected chi connectivity index (χ3v) is 4.33. The maximum atomic E-state index is 12.0. The van der Waals surface area contributed by atoms with Gasteiger partial charge >= 0.3 is 0 Å². The SMILES string of the molecule is C=C(CCNC(=O)c1cnc(CC)cn1)NC(=O)COc1ccc(Cl)c(Cl)c1. The molecule has 0 fully saturated rings. The van der Waals surface area contributed by atoms with Gasteiger partial charge < -0.3 is 15.4 Å². The third-order valence-electron chi connectivity index (χ3n) is 3.59. The average molecular weight is 423 g/mol.